The number of aliphatic carboxylic acids is 1. The maximum atomic E-state index is 12.8. The van der Waals surface area contributed by atoms with Gasteiger partial charge in [-0.15, -0.1) is 0 Å². The number of anilines is 1. The van der Waals surface area contributed by atoms with Crippen molar-refractivity contribution in [3.05, 3.63) is 77.9 Å². The van der Waals surface area contributed by atoms with Gasteiger partial charge in [0.15, 0.2) is 0 Å². The maximum Gasteiger partial charge on any atom is 0.490 e. The van der Waals surface area contributed by atoms with E-state index in [9.17, 15) is 22.8 Å². The Morgan fingerprint density at radius 2 is 1.75 bits per heavy atom. The van der Waals surface area contributed by atoms with E-state index in [1.807, 2.05) is 47.4 Å². The van der Waals surface area contributed by atoms with E-state index in [0.29, 0.717) is 6.54 Å². The Morgan fingerprint density at radius 1 is 1.11 bits per heavy atom. The van der Waals surface area contributed by atoms with Crippen molar-refractivity contribution in [1.82, 2.24) is 10.6 Å². The van der Waals surface area contributed by atoms with Crippen LogP contribution in [0.2, 0.25) is 0 Å². The van der Waals surface area contributed by atoms with Crippen molar-refractivity contribution in [2.75, 3.05) is 18.0 Å². The molecule has 2 heterocycles. The maximum absolute atomic E-state index is 12.8. The first-order valence-corrected chi connectivity index (χ1v) is 11.6. The number of nitrogens with zero attached hydrogens (tertiary/aromatic N) is 1. The van der Waals surface area contributed by atoms with Crippen molar-refractivity contribution in [2.24, 2.45) is 0 Å². The number of carbonyl (C=O) groups excluding carboxylic acids is 2. The monoisotopic (exact) mass is 503 g/mol. The van der Waals surface area contributed by atoms with Gasteiger partial charge in [-0.2, -0.15) is 13.2 Å². The molecule has 2 aliphatic rings. The molecule has 2 aromatic rings. The Morgan fingerprint density at radius 3 is 2.36 bits per heavy atom. The number of alkyl halides is 3. The quantitative estimate of drug-likeness (QED) is 0.504. The fourth-order valence-electron chi connectivity index (χ4n) is 3.83. The minimum absolute atomic E-state index is 0.0120. The van der Waals surface area contributed by atoms with Crippen molar-refractivity contribution in [1.29, 1.82) is 0 Å². The molecule has 7 nitrogen and oxygen atoms in total. The van der Waals surface area contributed by atoms with Crippen LogP contribution in [0.4, 0.5) is 18.9 Å². The van der Waals surface area contributed by atoms with E-state index in [-0.39, 0.29) is 23.9 Å². The Hall–Kier alpha value is -3.66. The molecule has 2 aromatic carbocycles. The van der Waals surface area contributed by atoms with Crippen molar-refractivity contribution in [2.45, 2.75) is 43.9 Å². The van der Waals surface area contributed by atoms with Gasteiger partial charge in [0.1, 0.15) is 0 Å². The van der Waals surface area contributed by atoms with Crippen molar-refractivity contribution < 1.29 is 32.7 Å². The first kappa shape index (κ1) is 26.9. The molecule has 36 heavy (non-hydrogen) atoms. The predicted molar refractivity (Wildman–Crippen MR) is 128 cm³/mol. The number of amides is 2. The smallest absolute Gasteiger partial charge is 0.475 e. The normalized spacial score (nSPS) is 17.4. The number of hydrogen-bond acceptors (Lipinski definition) is 4. The molecule has 0 aromatic heterocycles. The van der Waals surface area contributed by atoms with Crippen LogP contribution in [0.5, 0.6) is 0 Å². The summed E-state index contributed by atoms with van der Waals surface area (Å²) in [4.78, 5) is 35.9. The lowest BCUT2D eigenvalue weighted by Crippen LogP contribution is -2.54. The largest absolute Gasteiger partial charge is 0.490 e. The van der Waals surface area contributed by atoms with Crippen LogP contribution in [0.25, 0.3) is 0 Å². The van der Waals surface area contributed by atoms with Gasteiger partial charge in [0.05, 0.1) is 6.04 Å². The highest BCUT2D eigenvalue weighted by molar-refractivity contribution is 6.03. The summed E-state index contributed by atoms with van der Waals surface area (Å²) in [6.45, 7) is 1.59. The fraction of sp³-hybridized carbons (Fsp3) is 0.346. The molecule has 10 heteroatoms. The highest BCUT2D eigenvalue weighted by atomic mass is 19.4. The molecule has 0 unspecified atom stereocenters. The second-order valence-electron chi connectivity index (χ2n) is 8.47. The number of rotatable bonds is 7. The molecular weight excluding hydrogens is 475 g/mol. The molecule has 0 spiro atoms. The minimum Gasteiger partial charge on any atom is -0.475 e. The number of halogens is 3. The highest BCUT2D eigenvalue weighted by Crippen LogP contribution is 2.27. The number of carboxylic acid groups (broad SMARTS) is 1. The van der Waals surface area contributed by atoms with Crippen LogP contribution < -0.4 is 15.5 Å². The van der Waals surface area contributed by atoms with Crippen molar-refractivity contribution >= 4 is 23.5 Å². The van der Waals surface area contributed by atoms with Gasteiger partial charge in [-0.25, -0.2) is 4.79 Å². The molecule has 1 saturated heterocycles. The summed E-state index contributed by atoms with van der Waals surface area (Å²) in [7, 11) is 0. The summed E-state index contributed by atoms with van der Waals surface area (Å²) in [5.41, 5.74) is 3.42. The van der Waals surface area contributed by atoms with Crippen LogP contribution in [-0.2, 0) is 27.2 Å². The molecular formula is C26H28F3N3O4. The average molecular weight is 504 g/mol. The Balaban J connectivity index is 0.000000454. The first-order valence-electron chi connectivity index (χ1n) is 11.6. The van der Waals surface area contributed by atoms with E-state index in [1.165, 1.54) is 11.1 Å². The molecule has 2 atom stereocenters. The van der Waals surface area contributed by atoms with Gasteiger partial charge in [-0.1, -0.05) is 54.6 Å². The standard InChI is InChI=1S/C24H27N3O2.C2HF3O2/c28-23(27-17-15-19-8-4-5-9-22(19)27)13-12-20(26-24(29)21-14-16-25-21)11-10-18-6-2-1-3-7-18;3-2(4,5)1(6)7/h1-9,12-13,20-21,25H,10-11,14-17H2,(H,26,29);(H,6,7)/b13-12+;/t20-,21-;/m0./s1. The molecule has 0 aliphatic carbocycles. The van der Waals surface area contributed by atoms with Crippen LogP contribution in [0.1, 0.15) is 24.0 Å². The summed E-state index contributed by atoms with van der Waals surface area (Å²) in [6, 6.07) is 18.0. The summed E-state index contributed by atoms with van der Waals surface area (Å²) >= 11 is 0. The van der Waals surface area contributed by atoms with Crippen LogP contribution in [0, 0.1) is 0 Å². The summed E-state index contributed by atoms with van der Waals surface area (Å²) in [5, 5.41) is 13.4. The predicted octanol–water partition coefficient (Wildman–Crippen LogP) is 3.24. The number of para-hydroxylation sites is 1. The number of nitrogens with one attached hydrogen (secondary N) is 2. The number of fused-ring (bicyclic) bond motifs is 1. The number of carboxylic acids is 1. The van der Waals surface area contributed by atoms with Gasteiger partial charge in [-0.05, 0) is 49.4 Å². The van der Waals surface area contributed by atoms with E-state index >= 15 is 0 Å². The third kappa shape index (κ3) is 7.67. The molecule has 192 valence electrons. The number of benzene rings is 2. The van der Waals surface area contributed by atoms with Crippen LogP contribution in [0.3, 0.4) is 0 Å². The zero-order chi connectivity index (χ0) is 26.1. The van der Waals surface area contributed by atoms with E-state index in [4.69, 9.17) is 9.90 Å². The van der Waals surface area contributed by atoms with Crippen LogP contribution in [-0.4, -0.2) is 54.2 Å². The molecule has 2 aliphatic heterocycles. The van der Waals surface area contributed by atoms with Gasteiger partial charge >= 0.3 is 12.1 Å². The Labute approximate surface area is 207 Å². The minimum atomic E-state index is -5.08. The lowest BCUT2D eigenvalue weighted by molar-refractivity contribution is -0.192. The molecule has 0 radical (unpaired) electrons. The topological polar surface area (TPSA) is 98.7 Å². The van der Waals surface area contributed by atoms with Crippen LogP contribution >= 0.6 is 0 Å². The summed E-state index contributed by atoms with van der Waals surface area (Å²) < 4.78 is 31.7. The molecule has 0 saturated carbocycles. The molecule has 3 N–H and O–H groups in total. The molecule has 1 fully saturated rings. The number of carbonyl (C=O) groups is 3. The number of aryl methyl sites for hydroxylation is 1. The molecule has 0 bridgehead atoms. The van der Waals surface area contributed by atoms with E-state index in [1.54, 1.807) is 6.08 Å². The second kappa shape index (κ2) is 12.3. The van der Waals surface area contributed by atoms with Gasteiger partial charge < -0.3 is 20.6 Å². The molecule has 2 amide bonds. The van der Waals surface area contributed by atoms with E-state index in [0.717, 1.165) is 37.9 Å². The third-order valence-electron chi connectivity index (χ3n) is 5.92. The van der Waals surface area contributed by atoms with E-state index in [2.05, 4.69) is 28.8 Å². The van der Waals surface area contributed by atoms with Crippen LogP contribution in [0.15, 0.2) is 66.7 Å². The van der Waals surface area contributed by atoms with Crippen molar-refractivity contribution in [3.63, 3.8) is 0 Å². The lowest BCUT2D eigenvalue weighted by Gasteiger charge is -2.28. The SMILES string of the molecule is O=C(N[C@H](/C=C/C(=O)N1CCc2ccccc21)CCc1ccccc1)[C@@H]1CCN1.O=C(O)C(F)(F)F. The zero-order valence-electron chi connectivity index (χ0n) is 19.5. The Bertz CT molecular complexity index is 1090. The van der Waals surface area contributed by atoms with E-state index < -0.39 is 12.1 Å². The van der Waals surface area contributed by atoms with Gasteiger partial charge in [0, 0.05) is 24.4 Å². The zero-order valence-corrected chi connectivity index (χ0v) is 19.5. The third-order valence-corrected chi connectivity index (χ3v) is 5.92. The van der Waals surface area contributed by atoms with Gasteiger partial charge in [0.2, 0.25) is 5.91 Å². The number of hydrogen-bond donors (Lipinski definition) is 3. The fourth-order valence-corrected chi connectivity index (χ4v) is 3.83. The lowest BCUT2D eigenvalue weighted by atomic mass is 10.0. The average Bonchev–Trinajstić information content (AvgIpc) is 3.24. The van der Waals surface area contributed by atoms with Gasteiger partial charge in [0.25, 0.3) is 5.91 Å². The Kier molecular flexibility index (Phi) is 9.24. The van der Waals surface area contributed by atoms with Gasteiger partial charge in [-0.3, -0.25) is 9.59 Å². The summed E-state index contributed by atoms with van der Waals surface area (Å²) in [5.74, 6) is -2.78. The highest BCUT2D eigenvalue weighted by Gasteiger charge is 2.38. The second-order valence-corrected chi connectivity index (χ2v) is 8.47. The summed E-state index contributed by atoms with van der Waals surface area (Å²) in [6.07, 6.45) is 1.73. The molecule has 4 rings (SSSR count). The van der Waals surface area contributed by atoms with Crippen molar-refractivity contribution in [3.8, 4) is 0 Å². The first-order chi connectivity index (χ1) is 17.1.